The van der Waals surface area contributed by atoms with E-state index in [2.05, 4.69) is 20.5 Å². The molecule has 0 saturated heterocycles. The fourth-order valence-electron chi connectivity index (χ4n) is 2.81. The standard InChI is InChI=1S/C21H29FN4O2/c1-6-28-19-12-11-17(13-20(19)27-5)25-21(23-2)24-14-18(26(3)4)15-7-9-16(22)10-8-15/h7-13,18H,6,14H2,1-5H3,(H2,23,24,25). The largest absolute Gasteiger partial charge is 0.493 e. The van der Waals surface area contributed by atoms with Gasteiger partial charge in [0.1, 0.15) is 5.82 Å². The molecule has 7 heteroatoms. The van der Waals surface area contributed by atoms with Gasteiger partial charge in [0.25, 0.3) is 0 Å². The third-order valence-corrected chi connectivity index (χ3v) is 4.29. The molecule has 0 aliphatic heterocycles. The summed E-state index contributed by atoms with van der Waals surface area (Å²) in [6.07, 6.45) is 0. The molecule has 0 aliphatic carbocycles. The van der Waals surface area contributed by atoms with E-state index >= 15 is 0 Å². The number of likely N-dealkylation sites (N-methyl/N-ethyl adjacent to an activating group) is 1. The molecule has 6 nitrogen and oxygen atoms in total. The van der Waals surface area contributed by atoms with Gasteiger partial charge in [0.15, 0.2) is 17.5 Å². The van der Waals surface area contributed by atoms with E-state index in [-0.39, 0.29) is 11.9 Å². The number of anilines is 1. The van der Waals surface area contributed by atoms with Crippen LogP contribution in [0.1, 0.15) is 18.5 Å². The van der Waals surface area contributed by atoms with Crippen LogP contribution >= 0.6 is 0 Å². The molecular formula is C21H29FN4O2. The number of rotatable bonds is 8. The van der Waals surface area contributed by atoms with E-state index in [0.29, 0.717) is 30.6 Å². The van der Waals surface area contributed by atoms with Crippen LogP contribution in [0.5, 0.6) is 11.5 Å². The molecular weight excluding hydrogens is 359 g/mol. The maximum Gasteiger partial charge on any atom is 0.195 e. The fourth-order valence-corrected chi connectivity index (χ4v) is 2.81. The van der Waals surface area contributed by atoms with Crippen LogP contribution in [-0.2, 0) is 0 Å². The topological polar surface area (TPSA) is 58.1 Å². The van der Waals surface area contributed by atoms with Crippen LogP contribution in [0.2, 0.25) is 0 Å². The number of nitrogens with zero attached hydrogens (tertiary/aromatic N) is 2. The Labute approximate surface area is 166 Å². The number of methoxy groups -OCH3 is 1. The zero-order valence-electron chi connectivity index (χ0n) is 17.1. The summed E-state index contributed by atoms with van der Waals surface area (Å²) in [7, 11) is 7.30. The minimum atomic E-state index is -0.240. The number of nitrogens with one attached hydrogen (secondary N) is 2. The van der Waals surface area contributed by atoms with Crippen LogP contribution in [0, 0.1) is 5.82 Å². The first-order valence-electron chi connectivity index (χ1n) is 9.18. The third kappa shape index (κ3) is 5.85. The average molecular weight is 388 g/mol. The van der Waals surface area contributed by atoms with Gasteiger partial charge in [-0.05, 0) is 50.8 Å². The van der Waals surface area contributed by atoms with Gasteiger partial charge in [0.05, 0.1) is 19.8 Å². The molecule has 2 N–H and O–H groups in total. The first-order chi connectivity index (χ1) is 13.5. The number of hydrogen-bond donors (Lipinski definition) is 2. The SMILES string of the molecule is CCOc1ccc(NC(=NC)NCC(c2ccc(F)cc2)N(C)C)cc1OC. The van der Waals surface area contributed by atoms with Crippen LogP contribution in [0.25, 0.3) is 0 Å². The lowest BCUT2D eigenvalue weighted by Crippen LogP contribution is -2.38. The molecule has 0 aromatic heterocycles. The minimum Gasteiger partial charge on any atom is -0.493 e. The van der Waals surface area contributed by atoms with Crippen molar-refractivity contribution in [2.45, 2.75) is 13.0 Å². The lowest BCUT2D eigenvalue weighted by atomic mass is 10.1. The highest BCUT2D eigenvalue weighted by Crippen LogP contribution is 2.30. The summed E-state index contributed by atoms with van der Waals surface area (Å²) >= 11 is 0. The number of guanidine groups is 1. The van der Waals surface area contributed by atoms with Gasteiger partial charge in [-0.25, -0.2) is 4.39 Å². The summed E-state index contributed by atoms with van der Waals surface area (Å²) in [5.41, 5.74) is 1.86. The smallest absolute Gasteiger partial charge is 0.195 e. The Morgan fingerprint density at radius 3 is 2.43 bits per heavy atom. The van der Waals surface area contributed by atoms with Gasteiger partial charge < -0.3 is 25.0 Å². The van der Waals surface area contributed by atoms with Gasteiger partial charge in [0, 0.05) is 25.3 Å². The van der Waals surface area contributed by atoms with Gasteiger partial charge in [0.2, 0.25) is 0 Å². The zero-order chi connectivity index (χ0) is 20.5. The van der Waals surface area contributed by atoms with Gasteiger partial charge in [-0.3, -0.25) is 4.99 Å². The van der Waals surface area contributed by atoms with Crippen LogP contribution in [-0.4, -0.2) is 52.3 Å². The first-order valence-corrected chi connectivity index (χ1v) is 9.18. The monoisotopic (exact) mass is 388 g/mol. The van der Waals surface area contributed by atoms with E-state index in [1.807, 2.05) is 39.2 Å². The normalized spacial score (nSPS) is 12.6. The van der Waals surface area contributed by atoms with Crippen LogP contribution < -0.4 is 20.1 Å². The third-order valence-electron chi connectivity index (χ3n) is 4.29. The highest BCUT2D eigenvalue weighted by molar-refractivity contribution is 5.93. The molecule has 1 atom stereocenters. The number of halogens is 1. The highest BCUT2D eigenvalue weighted by atomic mass is 19.1. The molecule has 0 aliphatic rings. The molecule has 0 bridgehead atoms. The number of ether oxygens (including phenoxy) is 2. The van der Waals surface area contributed by atoms with Crippen molar-refractivity contribution in [2.24, 2.45) is 4.99 Å². The summed E-state index contributed by atoms with van der Waals surface area (Å²) < 4.78 is 24.2. The molecule has 2 aromatic carbocycles. The maximum absolute atomic E-state index is 13.2. The predicted octanol–water partition coefficient (Wildman–Crippen LogP) is 3.52. The van der Waals surface area contributed by atoms with Crippen molar-refractivity contribution < 1.29 is 13.9 Å². The van der Waals surface area contributed by atoms with Gasteiger partial charge >= 0.3 is 0 Å². The fraction of sp³-hybridized carbons (Fsp3) is 0.381. The Morgan fingerprint density at radius 1 is 1.14 bits per heavy atom. The van der Waals surface area contributed by atoms with Crippen molar-refractivity contribution in [2.75, 3.05) is 46.7 Å². The van der Waals surface area contributed by atoms with E-state index < -0.39 is 0 Å². The molecule has 0 fully saturated rings. The molecule has 0 heterocycles. The Morgan fingerprint density at radius 2 is 1.86 bits per heavy atom. The van der Waals surface area contributed by atoms with E-state index in [4.69, 9.17) is 9.47 Å². The van der Waals surface area contributed by atoms with Gasteiger partial charge in [-0.2, -0.15) is 0 Å². The van der Waals surface area contributed by atoms with Crippen molar-refractivity contribution >= 4 is 11.6 Å². The van der Waals surface area contributed by atoms with Crippen LogP contribution in [0.15, 0.2) is 47.5 Å². The van der Waals surface area contributed by atoms with E-state index in [1.165, 1.54) is 12.1 Å². The maximum atomic E-state index is 13.2. The molecule has 0 radical (unpaired) electrons. The second kappa shape index (κ2) is 10.5. The van der Waals surface area contributed by atoms with Crippen LogP contribution in [0.4, 0.5) is 10.1 Å². The molecule has 0 amide bonds. The predicted molar refractivity (Wildman–Crippen MR) is 112 cm³/mol. The molecule has 0 spiro atoms. The Kier molecular flexibility index (Phi) is 8.07. The van der Waals surface area contributed by atoms with Crippen molar-refractivity contribution in [1.82, 2.24) is 10.2 Å². The molecule has 0 saturated carbocycles. The minimum absolute atomic E-state index is 0.0639. The first kappa shape index (κ1) is 21.5. The lowest BCUT2D eigenvalue weighted by molar-refractivity contribution is 0.298. The van der Waals surface area contributed by atoms with E-state index in [0.717, 1.165) is 11.3 Å². The van der Waals surface area contributed by atoms with Gasteiger partial charge in [-0.15, -0.1) is 0 Å². The molecule has 28 heavy (non-hydrogen) atoms. The Balaban J connectivity index is 2.06. The highest BCUT2D eigenvalue weighted by Gasteiger charge is 2.15. The van der Waals surface area contributed by atoms with Crippen molar-refractivity contribution in [1.29, 1.82) is 0 Å². The summed E-state index contributed by atoms with van der Waals surface area (Å²) in [6, 6.07) is 12.2. The van der Waals surface area contributed by atoms with E-state index in [9.17, 15) is 4.39 Å². The summed E-state index contributed by atoms with van der Waals surface area (Å²) in [4.78, 5) is 6.36. The molecule has 2 rings (SSSR count). The second-order valence-electron chi connectivity index (χ2n) is 6.41. The summed E-state index contributed by atoms with van der Waals surface area (Å²) in [5.74, 6) is 1.73. The van der Waals surface area contributed by atoms with Crippen molar-refractivity contribution in [3.63, 3.8) is 0 Å². The lowest BCUT2D eigenvalue weighted by Gasteiger charge is -2.26. The number of benzene rings is 2. The van der Waals surface area contributed by atoms with Crippen molar-refractivity contribution in [3.05, 3.63) is 53.8 Å². The van der Waals surface area contributed by atoms with Crippen molar-refractivity contribution in [3.8, 4) is 11.5 Å². The van der Waals surface area contributed by atoms with Crippen LogP contribution in [0.3, 0.4) is 0 Å². The van der Waals surface area contributed by atoms with Gasteiger partial charge in [-0.1, -0.05) is 12.1 Å². The summed E-state index contributed by atoms with van der Waals surface area (Å²) in [5, 5.41) is 6.57. The van der Waals surface area contributed by atoms with E-state index in [1.54, 1.807) is 26.3 Å². The molecule has 2 aromatic rings. The molecule has 152 valence electrons. The quantitative estimate of drug-likeness (QED) is 0.535. The Bertz CT molecular complexity index is 778. The molecule has 1 unspecified atom stereocenters. The average Bonchev–Trinajstić information content (AvgIpc) is 2.69. The summed E-state index contributed by atoms with van der Waals surface area (Å²) in [6.45, 7) is 3.10. The number of aliphatic imine (C=N–C) groups is 1. The second-order valence-corrected chi connectivity index (χ2v) is 6.41. The number of hydrogen-bond acceptors (Lipinski definition) is 4. The zero-order valence-corrected chi connectivity index (χ0v) is 17.1. The Hall–Kier alpha value is -2.80.